The van der Waals surface area contributed by atoms with Crippen LogP contribution in [0.15, 0.2) is 45.6 Å². The topological polar surface area (TPSA) is 26.0 Å². The van der Waals surface area contributed by atoms with Gasteiger partial charge in [0.2, 0.25) is 0 Å². The number of nitrogens with zero attached hydrogens (tertiary/aromatic N) is 1. The van der Waals surface area contributed by atoms with Gasteiger partial charge in [-0.25, -0.2) is 4.98 Å². The molecular weight excluding hydrogens is 194 g/mol. The van der Waals surface area contributed by atoms with Gasteiger partial charge in [0.05, 0.1) is 5.51 Å². The van der Waals surface area contributed by atoms with E-state index < -0.39 is 0 Å². The Morgan fingerprint density at radius 2 is 2.14 bits per heavy atom. The van der Waals surface area contributed by atoms with E-state index in [1.165, 1.54) is 0 Å². The Balaban J connectivity index is 2.24. The molecule has 2 nitrogen and oxygen atoms in total. The van der Waals surface area contributed by atoms with E-state index in [4.69, 9.17) is 4.42 Å². The standard InChI is InChI=1S/C11H7NOS/c1-2-4-10-8(3-1)5-11(13-10)9-6-14-7-12-9/h1-7H. The molecule has 0 radical (unpaired) electrons. The average molecular weight is 201 g/mol. The normalized spacial score (nSPS) is 10.9. The molecular formula is C11H7NOS. The fourth-order valence-electron chi connectivity index (χ4n) is 1.44. The fraction of sp³-hybridized carbons (Fsp3) is 0. The van der Waals surface area contributed by atoms with Crippen molar-refractivity contribution in [3.8, 4) is 11.5 Å². The van der Waals surface area contributed by atoms with Crippen LogP contribution in [0.2, 0.25) is 0 Å². The Bertz CT molecular complexity index is 520. The van der Waals surface area contributed by atoms with Crippen LogP contribution < -0.4 is 0 Å². The van der Waals surface area contributed by atoms with Crippen LogP contribution in [-0.4, -0.2) is 4.98 Å². The van der Waals surface area contributed by atoms with Crippen LogP contribution in [0, 0.1) is 0 Å². The Morgan fingerprint density at radius 1 is 1.21 bits per heavy atom. The van der Waals surface area contributed by atoms with Crippen LogP contribution in [0.3, 0.4) is 0 Å². The monoisotopic (exact) mass is 201 g/mol. The maximum Gasteiger partial charge on any atom is 0.154 e. The predicted octanol–water partition coefficient (Wildman–Crippen LogP) is 3.56. The molecule has 0 amide bonds. The SMILES string of the molecule is c1ccc2oc(-c3cscn3)cc2c1. The van der Waals surface area contributed by atoms with Crippen molar-refractivity contribution in [1.82, 2.24) is 4.98 Å². The van der Waals surface area contributed by atoms with E-state index >= 15 is 0 Å². The van der Waals surface area contributed by atoms with E-state index in [-0.39, 0.29) is 0 Å². The van der Waals surface area contributed by atoms with Crippen molar-refractivity contribution < 1.29 is 4.42 Å². The summed E-state index contributed by atoms with van der Waals surface area (Å²) in [5, 5.41) is 3.10. The highest BCUT2D eigenvalue weighted by Crippen LogP contribution is 2.26. The first-order valence-electron chi connectivity index (χ1n) is 4.30. The van der Waals surface area contributed by atoms with Crippen molar-refractivity contribution in [3.05, 3.63) is 41.2 Å². The van der Waals surface area contributed by atoms with E-state index in [0.29, 0.717) is 0 Å². The van der Waals surface area contributed by atoms with Gasteiger partial charge >= 0.3 is 0 Å². The quantitative estimate of drug-likeness (QED) is 0.601. The second-order valence-corrected chi connectivity index (χ2v) is 3.74. The summed E-state index contributed by atoms with van der Waals surface area (Å²) >= 11 is 1.57. The van der Waals surface area contributed by atoms with Gasteiger partial charge in [-0.3, -0.25) is 0 Å². The Hall–Kier alpha value is -1.61. The minimum Gasteiger partial charge on any atom is -0.454 e. The van der Waals surface area contributed by atoms with Gasteiger partial charge in [-0.1, -0.05) is 18.2 Å². The molecule has 68 valence electrons. The second kappa shape index (κ2) is 2.96. The summed E-state index contributed by atoms with van der Waals surface area (Å²) in [6.07, 6.45) is 0. The molecule has 0 spiro atoms. The van der Waals surface area contributed by atoms with E-state index in [0.717, 1.165) is 22.4 Å². The molecule has 0 saturated carbocycles. The zero-order valence-corrected chi connectivity index (χ0v) is 8.12. The molecule has 14 heavy (non-hydrogen) atoms. The highest BCUT2D eigenvalue weighted by atomic mass is 32.1. The third-order valence-corrected chi connectivity index (χ3v) is 2.70. The highest BCUT2D eigenvalue weighted by molar-refractivity contribution is 7.07. The van der Waals surface area contributed by atoms with E-state index in [1.807, 2.05) is 41.2 Å². The third-order valence-electron chi connectivity index (χ3n) is 2.11. The Labute approximate surface area is 84.8 Å². The maximum atomic E-state index is 5.66. The first kappa shape index (κ1) is 7.76. The Morgan fingerprint density at radius 3 is 2.93 bits per heavy atom. The summed E-state index contributed by atoms with van der Waals surface area (Å²) in [6.45, 7) is 0. The molecule has 0 N–H and O–H groups in total. The minimum atomic E-state index is 0.840. The van der Waals surface area contributed by atoms with Crippen LogP contribution in [0.5, 0.6) is 0 Å². The van der Waals surface area contributed by atoms with Crippen LogP contribution in [0.1, 0.15) is 0 Å². The number of fused-ring (bicyclic) bond motifs is 1. The third kappa shape index (κ3) is 1.14. The van der Waals surface area contributed by atoms with Gasteiger partial charge in [-0.05, 0) is 12.1 Å². The van der Waals surface area contributed by atoms with Crippen molar-refractivity contribution in [2.24, 2.45) is 0 Å². The number of hydrogen-bond donors (Lipinski definition) is 0. The van der Waals surface area contributed by atoms with Crippen LogP contribution in [0.4, 0.5) is 0 Å². The van der Waals surface area contributed by atoms with E-state index in [2.05, 4.69) is 4.98 Å². The molecule has 2 heterocycles. The van der Waals surface area contributed by atoms with Crippen molar-refractivity contribution in [2.45, 2.75) is 0 Å². The smallest absolute Gasteiger partial charge is 0.154 e. The highest BCUT2D eigenvalue weighted by Gasteiger charge is 2.06. The van der Waals surface area contributed by atoms with E-state index in [1.54, 1.807) is 11.3 Å². The van der Waals surface area contributed by atoms with Crippen molar-refractivity contribution in [1.29, 1.82) is 0 Å². The largest absolute Gasteiger partial charge is 0.454 e. The van der Waals surface area contributed by atoms with E-state index in [9.17, 15) is 0 Å². The van der Waals surface area contributed by atoms with Gasteiger partial charge < -0.3 is 4.42 Å². The molecule has 3 aromatic rings. The van der Waals surface area contributed by atoms with Gasteiger partial charge in [0.1, 0.15) is 11.3 Å². The lowest BCUT2D eigenvalue weighted by Gasteiger charge is -1.85. The molecule has 0 fully saturated rings. The molecule has 0 aliphatic rings. The zero-order chi connectivity index (χ0) is 9.38. The van der Waals surface area contributed by atoms with Gasteiger partial charge in [-0.2, -0.15) is 0 Å². The summed E-state index contributed by atoms with van der Waals surface area (Å²) in [5.41, 5.74) is 3.63. The average Bonchev–Trinajstić information content (AvgIpc) is 2.86. The summed E-state index contributed by atoms with van der Waals surface area (Å²) in [4.78, 5) is 4.21. The molecule has 0 atom stereocenters. The predicted molar refractivity (Wildman–Crippen MR) is 57.3 cm³/mol. The number of thiazole rings is 1. The molecule has 3 rings (SSSR count). The number of rotatable bonds is 1. The molecule has 0 bridgehead atoms. The van der Waals surface area contributed by atoms with Crippen molar-refractivity contribution in [3.63, 3.8) is 0 Å². The molecule has 2 aromatic heterocycles. The first-order valence-corrected chi connectivity index (χ1v) is 5.25. The summed E-state index contributed by atoms with van der Waals surface area (Å²) in [5.74, 6) is 0.840. The number of aromatic nitrogens is 1. The summed E-state index contributed by atoms with van der Waals surface area (Å²) < 4.78 is 5.66. The van der Waals surface area contributed by atoms with Crippen LogP contribution in [-0.2, 0) is 0 Å². The van der Waals surface area contributed by atoms with Gasteiger partial charge in [0.15, 0.2) is 5.76 Å². The molecule has 1 aromatic carbocycles. The molecule has 0 aliphatic carbocycles. The number of furan rings is 1. The molecule has 3 heteroatoms. The zero-order valence-electron chi connectivity index (χ0n) is 7.31. The lowest BCUT2D eigenvalue weighted by molar-refractivity contribution is 0.629. The fourth-order valence-corrected chi connectivity index (χ4v) is 1.98. The lowest BCUT2D eigenvalue weighted by Crippen LogP contribution is -1.68. The Kier molecular flexibility index (Phi) is 1.64. The minimum absolute atomic E-state index is 0.840. The number of benzene rings is 1. The van der Waals surface area contributed by atoms with Gasteiger partial charge in [0, 0.05) is 10.8 Å². The van der Waals surface area contributed by atoms with Gasteiger partial charge in [-0.15, -0.1) is 11.3 Å². The molecule has 0 aliphatic heterocycles. The molecule has 0 saturated heterocycles. The lowest BCUT2D eigenvalue weighted by atomic mass is 10.2. The van der Waals surface area contributed by atoms with Crippen molar-refractivity contribution in [2.75, 3.05) is 0 Å². The second-order valence-electron chi connectivity index (χ2n) is 3.02. The first-order chi connectivity index (χ1) is 6.93. The summed E-state index contributed by atoms with van der Waals surface area (Å²) in [6, 6.07) is 9.99. The van der Waals surface area contributed by atoms with Crippen molar-refractivity contribution >= 4 is 22.3 Å². The summed E-state index contributed by atoms with van der Waals surface area (Å²) in [7, 11) is 0. The number of hydrogen-bond acceptors (Lipinski definition) is 3. The maximum absolute atomic E-state index is 5.66. The van der Waals surface area contributed by atoms with Crippen LogP contribution in [0.25, 0.3) is 22.4 Å². The number of para-hydroxylation sites is 1. The van der Waals surface area contributed by atoms with Gasteiger partial charge in [0.25, 0.3) is 0 Å². The molecule has 0 unspecified atom stereocenters. The van der Waals surface area contributed by atoms with Crippen LogP contribution >= 0.6 is 11.3 Å².